The van der Waals surface area contributed by atoms with Crippen LogP contribution in [0.2, 0.25) is 0 Å². The maximum absolute atomic E-state index is 10.3. The largest absolute Gasteiger partial charge is 0.396 e. The third kappa shape index (κ3) is 1.97. The topological polar surface area (TPSA) is 40.5 Å². The summed E-state index contributed by atoms with van der Waals surface area (Å²) in [6, 6.07) is 0. The van der Waals surface area contributed by atoms with Gasteiger partial charge in [-0.15, -0.1) is 0 Å². The first-order valence-electron chi connectivity index (χ1n) is 9.38. The van der Waals surface area contributed by atoms with Crippen molar-refractivity contribution in [1.29, 1.82) is 0 Å². The van der Waals surface area contributed by atoms with Gasteiger partial charge in [0.15, 0.2) is 0 Å². The zero-order valence-electron chi connectivity index (χ0n) is 13.6. The summed E-state index contributed by atoms with van der Waals surface area (Å²) in [4.78, 5) is 0. The van der Waals surface area contributed by atoms with Gasteiger partial charge >= 0.3 is 0 Å². The molecule has 0 bridgehead atoms. The van der Waals surface area contributed by atoms with E-state index >= 15 is 0 Å². The van der Waals surface area contributed by atoms with Crippen LogP contribution in [0, 0.1) is 34.5 Å². The zero-order chi connectivity index (χ0) is 14.7. The van der Waals surface area contributed by atoms with Crippen LogP contribution in [-0.2, 0) is 0 Å². The zero-order valence-corrected chi connectivity index (χ0v) is 13.6. The molecule has 0 unspecified atom stereocenters. The second kappa shape index (κ2) is 4.96. The number of hydrogen-bond acceptors (Lipinski definition) is 2. The lowest BCUT2D eigenvalue weighted by Crippen LogP contribution is -2.56. The minimum atomic E-state index is -0.105. The van der Waals surface area contributed by atoms with Crippen LogP contribution in [0.25, 0.3) is 0 Å². The lowest BCUT2D eigenvalue weighted by atomic mass is 9.45. The fraction of sp³-hybridized carbons (Fsp3) is 1.00. The van der Waals surface area contributed by atoms with Crippen LogP contribution in [0.15, 0.2) is 0 Å². The molecule has 4 aliphatic rings. The fourth-order valence-corrected chi connectivity index (χ4v) is 7.33. The Morgan fingerprint density at radius 1 is 0.952 bits per heavy atom. The first kappa shape index (κ1) is 14.5. The molecule has 0 heterocycles. The smallest absolute Gasteiger partial charge is 0.0543 e. The molecule has 0 aromatic carbocycles. The molecule has 21 heavy (non-hydrogen) atoms. The first-order valence-corrected chi connectivity index (χ1v) is 9.38. The summed E-state index contributed by atoms with van der Waals surface area (Å²) in [5.41, 5.74) is 0.769. The third-order valence-corrected chi connectivity index (χ3v) is 8.41. The average Bonchev–Trinajstić information content (AvgIpc) is 2.88. The van der Waals surface area contributed by atoms with Crippen molar-refractivity contribution in [3.8, 4) is 0 Å². The summed E-state index contributed by atoms with van der Waals surface area (Å²) < 4.78 is 0. The van der Waals surface area contributed by atoms with Crippen molar-refractivity contribution in [2.75, 3.05) is 6.61 Å². The minimum absolute atomic E-state index is 0.105. The van der Waals surface area contributed by atoms with Gasteiger partial charge in [0.05, 0.1) is 6.10 Å². The maximum atomic E-state index is 10.3. The number of rotatable bonds is 1. The Balaban J connectivity index is 1.65. The van der Waals surface area contributed by atoms with Gasteiger partial charge in [0.1, 0.15) is 0 Å². The van der Waals surface area contributed by atoms with E-state index in [1.807, 2.05) is 0 Å². The molecule has 2 nitrogen and oxygen atoms in total. The molecule has 4 saturated carbocycles. The molecule has 2 heteroatoms. The molecule has 0 amide bonds. The van der Waals surface area contributed by atoms with Crippen molar-refractivity contribution < 1.29 is 10.2 Å². The molecule has 4 rings (SSSR count). The van der Waals surface area contributed by atoms with Gasteiger partial charge in [-0.05, 0) is 92.3 Å². The lowest BCUT2D eigenvalue weighted by Gasteiger charge is -2.61. The van der Waals surface area contributed by atoms with Crippen molar-refractivity contribution in [2.45, 2.75) is 77.2 Å². The quantitative estimate of drug-likeness (QED) is 0.772. The Morgan fingerprint density at radius 3 is 2.62 bits per heavy atom. The van der Waals surface area contributed by atoms with Gasteiger partial charge in [-0.25, -0.2) is 0 Å². The molecule has 0 saturated heterocycles. The molecule has 4 fully saturated rings. The number of aliphatic hydroxyl groups excluding tert-OH is 2. The van der Waals surface area contributed by atoms with Crippen LogP contribution in [0.1, 0.15) is 71.1 Å². The van der Waals surface area contributed by atoms with E-state index in [2.05, 4.69) is 6.92 Å². The highest BCUT2D eigenvalue weighted by molar-refractivity contribution is 5.08. The second-order valence-electron chi connectivity index (χ2n) is 9.06. The Labute approximate surface area is 129 Å². The summed E-state index contributed by atoms with van der Waals surface area (Å²) in [7, 11) is 0. The SMILES string of the molecule is C[C@@]12CCC[C@H]1[C@@H]1CC[C@H]3C[C@@H](O)CC[C@]3(CO)[C@H]1CC2. The summed E-state index contributed by atoms with van der Waals surface area (Å²) in [5, 5.41) is 20.4. The van der Waals surface area contributed by atoms with Gasteiger partial charge in [0.25, 0.3) is 0 Å². The van der Waals surface area contributed by atoms with E-state index in [0.29, 0.717) is 17.9 Å². The molecule has 4 aliphatic carbocycles. The van der Waals surface area contributed by atoms with E-state index in [0.717, 1.165) is 37.0 Å². The van der Waals surface area contributed by atoms with Gasteiger partial charge in [0.2, 0.25) is 0 Å². The van der Waals surface area contributed by atoms with Crippen LogP contribution < -0.4 is 0 Å². The van der Waals surface area contributed by atoms with Crippen molar-refractivity contribution in [1.82, 2.24) is 0 Å². The molecular weight excluding hydrogens is 260 g/mol. The third-order valence-electron chi connectivity index (χ3n) is 8.41. The van der Waals surface area contributed by atoms with E-state index in [4.69, 9.17) is 0 Å². The Bertz CT molecular complexity index is 408. The average molecular weight is 292 g/mol. The van der Waals surface area contributed by atoms with Gasteiger partial charge < -0.3 is 10.2 Å². The van der Waals surface area contributed by atoms with Crippen molar-refractivity contribution in [2.24, 2.45) is 34.5 Å². The molecule has 0 aliphatic heterocycles. The molecule has 2 N–H and O–H groups in total. The summed E-state index contributed by atoms with van der Waals surface area (Å²) in [6.07, 6.45) is 12.5. The molecule has 120 valence electrons. The predicted octanol–water partition coefficient (Wildman–Crippen LogP) is 3.75. The monoisotopic (exact) mass is 292 g/mol. The number of fused-ring (bicyclic) bond motifs is 5. The highest BCUT2D eigenvalue weighted by Gasteiger charge is 2.59. The summed E-state index contributed by atoms with van der Waals surface area (Å²) >= 11 is 0. The fourth-order valence-electron chi connectivity index (χ4n) is 7.33. The standard InChI is InChI=1S/C19H32O2/c1-18-8-2-3-16(18)15-5-4-13-11-14(21)6-10-19(13,12-20)17(15)7-9-18/h13-17,20-21H,2-12H2,1H3/t13-,14-,15-,16-,17-,18-,19+/m0/s1. The molecule has 0 spiro atoms. The van der Waals surface area contributed by atoms with Crippen molar-refractivity contribution >= 4 is 0 Å². The normalized spacial score (nSPS) is 56.4. The molecule has 0 aromatic rings. The highest BCUT2D eigenvalue weighted by atomic mass is 16.3. The van der Waals surface area contributed by atoms with E-state index in [1.54, 1.807) is 0 Å². The van der Waals surface area contributed by atoms with Crippen LogP contribution in [0.4, 0.5) is 0 Å². The molecule has 7 atom stereocenters. The Kier molecular flexibility index (Phi) is 3.43. The van der Waals surface area contributed by atoms with Crippen LogP contribution in [0.3, 0.4) is 0 Å². The Morgan fingerprint density at radius 2 is 1.81 bits per heavy atom. The maximum Gasteiger partial charge on any atom is 0.0543 e. The van der Waals surface area contributed by atoms with Crippen LogP contribution in [-0.4, -0.2) is 22.9 Å². The van der Waals surface area contributed by atoms with Gasteiger partial charge in [0, 0.05) is 6.61 Å². The lowest BCUT2D eigenvalue weighted by molar-refractivity contribution is -0.149. The number of hydrogen-bond donors (Lipinski definition) is 2. The number of aliphatic hydroxyl groups is 2. The van der Waals surface area contributed by atoms with E-state index in [1.165, 1.54) is 44.9 Å². The van der Waals surface area contributed by atoms with E-state index in [9.17, 15) is 10.2 Å². The second-order valence-corrected chi connectivity index (χ2v) is 9.06. The van der Waals surface area contributed by atoms with Gasteiger partial charge in [-0.1, -0.05) is 13.3 Å². The molecular formula is C19H32O2. The Hall–Kier alpha value is -0.0800. The molecule has 0 aromatic heterocycles. The van der Waals surface area contributed by atoms with E-state index < -0.39 is 0 Å². The summed E-state index contributed by atoms with van der Waals surface area (Å²) in [5.74, 6) is 3.11. The van der Waals surface area contributed by atoms with Crippen LogP contribution >= 0.6 is 0 Å². The minimum Gasteiger partial charge on any atom is -0.396 e. The molecule has 0 radical (unpaired) electrons. The van der Waals surface area contributed by atoms with Gasteiger partial charge in [-0.3, -0.25) is 0 Å². The van der Waals surface area contributed by atoms with Crippen LogP contribution in [0.5, 0.6) is 0 Å². The van der Waals surface area contributed by atoms with E-state index in [-0.39, 0.29) is 11.5 Å². The van der Waals surface area contributed by atoms with Gasteiger partial charge in [-0.2, -0.15) is 0 Å². The summed E-state index contributed by atoms with van der Waals surface area (Å²) in [6.45, 7) is 2.91. The predicted molar refractivity (Wildman–Crippen MR) is 83.8 cm³/mol. The highest BCUT2D eigenvalue weighted by Crippen LogP contribution is 2.66. The van der Waals surface area contributed by atoms with Crippen molar-refractivity contribution in [3.05, 3.63) is 0 Å². The first-order chi connectivity index (χ1) is 10.1. The van der Waals surface area contributed by atoms with Crippen molar-refractivity contribution in [3.63, 3.8) is 0 Å².